The largest absolute Gasteiger partial charge is 0.378 e. The summed E-state index contributed by atoms with van der Waals surface area (Å²) in [6.07, 6.45) is 6.94. The van der Waals surface area contributed by atoms with Crippen molar-refractivity contribution in [1.29, 1.82) is 0 Å². The Labute approximate surface area is 98.9 Å². The van der Waals surface area contributed by atoms with Gasteiger partial charge in [-0.3, -0.25) is 0 Å². The summed E-state index contributed by atoms with van der Waals surface area (Å²) in [6, 6.07) is 1.00. The van der Waals surface area contributed by atoms with Crippen LogP contribution in [-0.2, 0) is 9.47 Å². The molecule has 1 N–H and O–H groups in total. The van der Waals surface area contributed by atoms with E-state index in [2.05, 4.69) is 19.2 Å². The summed E-state index contributed by atoms with van der Waals surface area (Å²) in [6.45, 7) is 6.39. The number of hydrogen-bond acceptors (Lipinski definition) is 3. The summed E-state index contributed by atoms with van der Waals surface area (Å²) in [7, 11) is 0. The van der Waals surface area contributed by atoms with E-state index in [1.807, 2.05) is 0 Å². The van der Waals surface area contributed by atoms with Crippen LogP contribution >= 0.6 is 0 Å². The Hall–Kier alpha value is -0.120. The lowest BCUT2D eigenvalue weighted by Gasteiger charge is -2.25. The summed E-state index contributed by atoms with van der Waals surface area (Å²) >= 11 is 0. The second-order valence-corrected chi connectivity index (χ2v) is 5.28. The van der Waals surface area contributed by atoms with Crippen LogP contribution in [0.5, 0.6) is 0 Å². The monoisotopic (exact) mass is 227 g/mol. The van der Waals surface area contributed by atoms with Gasteiger partial charge in [-0.1, -0.05) is 0 Å². The highest BCUT2D eigenvalue weighted by Gasteiger charge is 2.25. The molecular formula is C13H25NO2. The first-order chi connectivity index (χ1) is 7.75. The third-order valence-corrected chi connectivity index (χ3v) is 3.71. The summed E-state index contributed by atoms with van der Waals surface area (Å²) in [5.41, 5.74) is 0. The molecule has 2 aliphatic heterocycles. The van der Waals surface area contributed by atoms with Gasteiger partial charge in [-0.2, -0.15) is 0 Å². The average Bonchev–Trinajstić information content (AvgIpc) is 2.88. The normalized spacial score (nSPS) is 34.1. The Morgan fingerprint density at radius 3 is 2.50 bits per heavy atom. The van der Waals surface area contributed by atoms with Gasteiger partial charge in [-0.05, 0) is 46.0 Å². The quantitative estimate of drug-likeness (QED) is 0.780. The van der Waals surface area contributed by atoms with E-state index in [0.29, 0.717) is 24.3 Å². The van der Waals surface area contributed by atoms with E-state index in [0.717, 1.165) is 19.6 Å². The molecule has 94 valence electrons. The van der Waals surface area contributed by atoms with Crippen molar-refractivity contribution in [2.75, 3.05) is 13.2 Å². The molecule has 4 unspecified atom stereocenters. The Kier molecular flexibility index (Phi) is 4.62. The van der Waals surface area contributed by atoms with Crippen molar-refractivity contribution in [3.05, 3.63) is 0 Å². The first kappa shape index (κ1) is 12.3. The minimum absolute atomic E-state index is 0.423. The summed E-state index contributed by atoms with van der Waals surface area (Å²) < 4.78 is 11.4. The molecule has 0 saturated carbocycles. The van der Waals surface area contributed by atoms with E-state index in [1.165, 1.54) is 25.7 Å². The maximum absolute atomic E-state index is 5.69. The molecule has 0 amide bonds. The zero-order valence-corrected chi connectivity index (χ0v) is 10.6. The second kappa shape index (κ2) is 5.99. The Morgan fingerprint density at radius 2 is 1.88 bits per heavy atom. The van der Waals surface area contributed by atoms with Crippen LogP contribution in [-0.4, -0.2) is 37.5 Å². The predicted molar refractivity (Wildman–Crippen MR) is 64.6 cm³/mol. The van der Waals surface area contributed by atoms with Crippen molar-refractivity contribution in [2.24, 2.45) is 0 Å². The summed E-state index contributed by atoms with van der Waals surface area (Å²) in [5.74, 6) is 0. The lowest BCUT2D eigenvalue weighted by atomic mass is 10.0. The molecule has 0 aromatic heterocycles. The van der Waals surface area contributed by atoms with Crippen molar-refractivity contribution in [3.8, 4) is 0 Å². The van der Waals surface area contributed by atoms with Crippen LogP contribution in [0.1, 0.15) is 46.0 Å². The van der Waals surface area contributed by atoms with E-state index in [9.17, 15) is 0 Å². The van der Waals surface area contributed by atoms with Crippen LogP contribution in [0.2, 0.25) is 0 Å². The van der Waals surface area contributed by atoms with E-state index in [-0.39, 0.29) is 0 Å². The van der Waals surface area contributed by atoms with E-state index < -0.39 is 0 Å². The smallest absolute Gasteiger partial charge is 0.0726 e. The number of rotatable bonds is 5. The Morgan fingerprint density at radius 1 is 1.12 bits per heavy atom. The van der Waals surface area contributed by atoms with Crippen LogP contribution in [0, 0.1) is 0 Å². The SMILES string of the molecule is CC(CC1CCCO1)NC(C)C1CCCO1. The van der Waals surface area contributed by atoms with Crippen LogP contribution in [0.3, 0.4) is 0 Å². The first-order valence-electron chi connectivity index (χ1n) is 6.75. The van der Waals surface area contributed by atoms with Gasteiger partial charge in [0.2, 0.25) is 0 Å². The van der Waals surface area contributed by atoms with Gasteiger partial charge in [0.15, 0.2) is 0 Å². The number of hydrogen-bond donors (Lipinski definition) is 1. The molecule has 2 saturated heterocycles. The Bertz CT molecular complexity index is 198. The van der Waals surface area contributed by atoms with Crippen LogP contribution in [0.25, 0.3) is 0 Å². The highest BCUT2D eigenvalue weighted by Crippen LogP contribution is 2.19. The molecule has 3 heteroatoms. The summed E-state index contributed by atoms with van der Waals surface area (Å²) in [5, 5.41) is 3.64. The third-order valence-electron chi connectivity index (χ3n) is 3.71. The third kappa shape index (κ3) is 3.44. The molecule has 2 aliphatic rings. The molecule has 0 aromatic carbocycles. The highest BCUT2D eigenvalue weighted by molar-refractivity contribution is 4.80. The maximum Gasteiger partial charge on any atom is 0.0726 e. The van der Waals surface area contributed by atoms with E-state index in [4.69, 9.17) is 9.47 Å². The van der Waals surface area contributed by atoms with Gasteiger partial charge in [0.25, 0.3) is 0 Å². The molecule has 0 aromatic rings. The molecule has 4 atom stereocenters. The minimum Gasteiger partial charge on any atom is -0.378 e. The maximum atomic E-state index is 5.69. The molecular weight excluding hydrogens is 202 g/mol. The van der Waals surface area contributed by atoms with Gasteiger partial charge < -0.3 is 14.8 Å². The van der Waals surface area contributed by atoms with Crippen LogP contribution in [0.15, 0.2) is 0 Å². The highest BCUT2D eigenvalue weighted by atomic mass is 16.5. The number of ether oxygens (including phenoxy) is 2. The molecule has 0 bridgehead atoms. The van der Waals surface area contributed by atoms with E-state index in [1.54, 1.807) is 0 Å². The second-order valence-electron chi connectivity index (χ2n) is 5.28. The van der Waals surface area contributed by atoms with Crippen molar-refractivity contribution >= 4 is 0 Å². The van der Waals surface area contributed by atoms with Gasteiger partial charge in [-0.25, -0.2) is 0 Å². The number of nitrogens with one attached hydrogen (secondary N) is 1. The minimum atomic E-state index is 0.423. The Balaban J connectivity index is 1.66. The lowest BCUT2D eigenvalue weighted by Crippen LogP contribution is -2.43. The zero-order chi connectivity index (χ0) is 11.4. The molecule has 2 fully saturated rings. The zero-order valence-electron chi connectivity index (χ0n) is 10.6. The fourth-order valence-electron chi connectivity index (χ4n) is 2.85. The van der Waals surface area contributed by atoms with Gasteiger partial charge >= 0.3 is 0 Å². The van der Waals surface area contributed by atoms with Crippen molar-refractivity contribution in [1.82, 2.24) is 5.32 Å². The molecule has 0 aliphatic carbocycles. The van der Waals surface area contributed by atoms with E-state index >= 15 is 0 Å². The molecule has 0 radical (unpaired) electrons. The predicted octanol–water partition coefficient (Wildman–Crippen LogP) is 2.10. The van der Waals surface area contributed by atoms with Crippen LogP contribution in [0.4, 0.5) is 0 Å². The fourth-order valence-corrected chi connectivity index (χ4v) is 2.85. The fraction of sp³-hybridized carbons (Fsp3) is 1.00. The molecule has 2 heterocycles. The lowest BCUT2D eigenvalue weighted by molar-refractivity contribution is 0.0692. The molecule has 0 spiro atoms. The standard InChI is InChI=1S/C13H25NO2/c1-10(9-12-5-3-7-15-12)14-11(2)13-6-4-8-16-13/h10-14H,3-9H2,1-2H3. The van der Waals surface area contributed by atoms with Gasteiger partial charge in [-0.15, -0.1) is 0 Å². The van der Waals surface area contributed by atoms with Crippen molar-refractivity contribution in [3.63, 3.8) is 0 Å². The van der Waals surface area contributed by atoms with Gasteiger partial charge in [0, 0.05) is 25.3 Å². The first-order valence-corrected chi connectivity index (χ1v) is 6.75. The molecule has 2 rings (SSSR count). The molecule has 3 nitrogen and oxygen atoms in total. The topological polar surface area (TPSA) is 30.5 Å². The molecule has 16 heavy (non-hydrogen) atoms. The average molecular weight is 227 g/mol. The van der Waals surface area contributed by atoms with Gasteiger partial charge in [0.1, 0.15) is 0 Å². The van der Waals surface area contributed by atoms with Crippen molar-refractivity contribution < 1.29 is 9.47 Å². The van der Waals surface area contributed by atoms with Crippen LogP contribution < -0.4 is 5.32 Å². The van der Waals surface area contributed by atoms with Crippen molar-refractivity contribution in [2.45, 2.75) is 70.2 Å². The summed E-state index contributed by atoms with van der Waals surface area (Å²) in [4.78, 5) is 0. The van der Waals surface area contributed by atoms with Gasteiger partial charge in [0.05, 0.1) is 12.2 Å².